The topological polar surface area (TPSA) is 32.3 Å². The molecule has 0 amide bonds. The normalized spacial score (nSPS) is 13.6. The number of phenols is 1. The monoisotopic (exact) mass is 247 g/mol. The molecule has 0 aliphatic carbocycles. The van der Waals surface area contributed by atoms with E-state index in [9.17, 15) is 18.3 Å². The van der Waals surface area contributed by atoms with Crippen LogP contribution in [0.15, 0.2) is 24.3 Å². The van der Waals surface area contributed by atoms with Gasteiger partial charge in [0, 0.05) is 18.2 Å². The first-order valence-corrected chi connectivity index (χ1v) is 5.52. The number of hydrogen-bond acceptors (Lipinski definition) is 2. The first kappa shape index (κ1) is 13.8. The SMILES string of the molecule is CCC(NCCC(F)(F)F)c1ccccc1O. The maximum atomic E-state index is 12.0. The van der Waals surface area contributed by atoms with Gasteiger partial charge >= 0.3 is 6.18 Å². The van der Waals surface area contributed by atoms with E-state index in [2.05, 4.69) is 5.32 Å². The molecule has 0 saturated heterocycles. The van der Waals surface area contributed by atoms with E-state index < -0.39 is 12.6 Å². The Kier molecular flexibility index (Phi) is 4.81. The molecule has 0 aliphatic rings. The van der Waals surface area contributed by atoms with Crippen molar-refractivity contribution in [1.29, 1.82) is 0 Å². The molecule has 0 heterocycles. The van der Waals surface area contributed by atoms with E-state index in [0.717, 1.165) is 0 Å². The van der Waals surface area contributed by atoms with Gasteiger partial charge in [-0.1, -0.05) is 25.1 Å². The predicted octanol–water partition coefficient (Wildman–Crippen LogP) is 3.39. The highest BCUT2D eigenvalue weighted by molar-refractivity contribution is 5.34. The van der Waals surface area contributed by atoms with Crippen molar-refractivity contribution in [3.8, 4) is 5.75 Å². The van der Waals surface area contributed by atoms with E-state index in [1.54, 1.807) is 18.2 Å². The first-order chi connectivity index (χ1) is 7.94. The van der Waals surface area contributed by atoms with E-state index in [1.165, 1.54) is 6.07 Å². The third-order valence-electron chi connectivity index (χ3n) is 2.52. The van der Waals surface area contributed by atoms with Crippen LogP contribution in [0.1, 0.15) is 31.4 Å². The van der Waals surface area contributed by atoms with Crippen LogP contribution in [0, 0.1) is 0 Å². The summed E-state index contributed by atoms with van der Waals surface area (Å²) in [5, 5.41) is 12.4. The minimum Gasteiger partial charge on any atom is -0.508 e. The molecule has 0 aromatic heterocycles. The van der Waals surface area contributed by atoms with Gasteiger partial charge in [-0.05, 0) is 12.5 Å². The fourth-order valence-corrected chi connectivity index (χ4v) is 1.64. The van der Waals surface area contributed by atoms with Gasteiger partial charge in [-0.25, -0.2) is 0 Å². The van der Waals surface area contributed by atoms with Crippen molar-refractivity contribution >= 4 is 0 Å². The molecule has 0 aliphatic heterocycles. The summed E-state index contributed by atoms with van der Waals surface area (Å²) in [6.07, 6.45) is -4.39. The Bertz CT molecular complexity index is 352. The largest absolute Gasteiger partial charge is 0.508 e. The molecule has 96 valence electrons. The zero-order valence-electron chi connectivity index (χ0n) is 9.59. The van der Waals surface area contributed by atoms with Crippen molar-refractivity contribution in [3.05, 3.63) is 29.8 Å². The molecule has 0 fully saturated rings. The number of benzene rings is 1. The van der Waals surface area contributed by atoms with Crippen molar-refractivity contribution in [3.63, 3.8) is 0 Å². The second kappa shape index (κ2) is 5.91. The summed E-state index contributed by atoms with van der Waals surface area (Å²) >= 11 is 0. The summed E-state index contributed by atoms with van der Waals surface area (Å²) in [4.78, 5) is 0. The summed E-state index contributed by atoms with van der Waals surface area (Å²) in [6, 6.07) is 6.43. The highest BCUT2D eigenvalue weighted by Gasteiger charge is 2.26. The third-order valence-corrected chi connectivity index (χ3v) is 2.52. The van der Waals surface area contributed by atoms with Crippen LogP contribution in [0.5, 0.6) is 5.75 Å². The molecule has 0 spiro atoms. The fourth-order valence-electron chi connectivity index (χ4n) is 1.64. The smallest absolute Gasteiger partial charge is 0.390 e. The van der Waals surface area contributed by atoms with Crippen LogP contribution >= 0.6 is 0 Å². The van der Waals surface area contributed by atoms with Gasteiger partial charge < -0.3 is 10.4 Å². The molecular weight excluding hydrogens is 231 g/mol. The van der Waals surface area contributed by atoms with E-state index in [4.69, 9.17) is 0 Å². The van der Waals surface area contributed by atoms with Gasteiger partial charge in [0.05, 0.1) is 6.42 Å². The van der Waals surface area contributed by atoms with Crippen LogP contribution < -0.4 is 5.32 Å². The van der Waals surface area contributed by atoms with Crippen LogP contribution in [0.25, 0.3) is 0 Å². The van der Waals surface area contributed by atoms with E-state index >= 15 is 0 Å². The Hall–Kier alpha value is -1.23. The molecule has 17 heavy (non-hydrogen) atoms. The maximum Gasteiger partial charge on any atom is 0.390 e. The number of phenolic OH excluding ortho intramolecular Hbond substituents is 1. The Morgan fingerprint density at radius 2 is 1.94 bits per heavy atom. The summed E-state index contributed by atoms with van der Waals surface area (Å²) in [5.41, 5.74) is 0.636. The first-order valence-electron chi connectivity index (χ1n) is 5.52. The minimum atomic E-state index is -4.15. The molecule has 1 aromatic rings. The van der Waals surface area contributed by atoms with E-state index in [1.807, 2.05) is 6.92 Å². The summed E-state index contributed by atoms with van der Waals surface area (Å²) < 4.78 is 36.0. The summed E-state index contributed by atoms with van der Waals surface area (Å²) in [7, 11) is 0. The molecule has 2 N–H and O–H groups in total. The molecule has 1 atom stereocenters. The second-order valence-electron chi connectivity index (χ2n) is 3.84. The number of nitrogens with one attached hydrogen (secondary N) is 1. The number of alkyl halides is 3. The average molecular weight is 247 g/mol. The predicted molar refractivity (Wildman–Crippen MR) is 59.8 cm³/mol. The fraction of sp³-hybridized carbons (Fsp3) is 0.500. The lowest BCUT2D eigenvalue weighted by molar-refractivity contribution is -0.133. The van der Waals surface area contributed by atoms with Crippen LogP contribution in [0.4, 0.5) is 13.2 Å². The zero-order chi connectivity index (χ0) is 12.9. The third kappa shape index (κ3) is 4.65. The highest BCUT2D eigenvalue weighted by atomic mass is 19.4. The van der Waals surface area contributed by atoms with E-state index in [0.29, 0.717) is 12.0 Å². The van der Waals surface area contributed by atoms with Crippen LogP contribution in [0.2, 0.25) is 0 Å². The zero-order valence-corrected chi connectivity index (χ0v) is 9.59. The number of para-hydroxylation sites is 1. The van der Waals surface area contributed by atoms with Gasteiger partial charge in [-0.3, -0.25) is 0 Å². The second-order valence-corrected chi connectivity index (χ2v) is 3.84. The van der Waals surface area contributed by atoms with Gasteiger partial charge in [0.15, 0.2) is 0 Å². The summed E-state index contributed by atoms with van der Waals surface area (Å²) in [6.45, 7) is 1.72. The van der Waals surface area contributed by atoms with Crippen molar-refractivity contribution in [2.24, 2.45) is 0 Å². The molecule has 0 bridgehead atoms. The van der Waals surface area contributed by atoms with Crippen molar-refractivity contribution in [1.82, 2.24) is 5.32 Å². The molecule has 1 aromatic carbocycles. The molecule has 1 unspecified atom stereocenters. The Morgan fingerprint density at radius 1 is 1.29 bits per heavy atom. The van der Waals surface area contributed by atoms with Gasteiger partial charge in [0.1, 0.15) is 5.75 Å². The van der Waals surface area contributed by atoms with E-state index in [-0.39, 0.29) is 18.3 Å². The Balaban J connectivity index is 2.58. The molecule has 5 heteroatoms. The van der Waals surface area contributed by atoms with Gasteiger partial charge in [-0.2, -0.15) is 13.2 Å². The van der Waals surface area contributed by atoms with Gasteiger partial charge in [0.2, 0.25) is 0 Å². The van der Waals surface area contributed by atoms with Crippen LogP contribution in [0.3, 0.4) is 0 Å². The maximum absolute atomic E-state index is 12.0. The lowest BCUT2D eigenvalue weighted by atomic mass is 10.0. The van der Waals surface area contributed by atoms with Crippen molar-refractivity contribution in [2.75, 3.05) is 6.54 Å². The minimum absolute atomic E-state index is 0.110. The lowest BCUT2D eigenvalue weighted by Gasteiger charge is -2.19. The Labute approximate surface area is 98.5 Å². The summed E-state index contributed by atoms with van der Waals surface area (Å²) in [5.74, 6) is 0.110. The molecule has 2 nitrogen and oxygen atoms in total. The van der Waals surface area contributed by atoms with Crippen molar-refractivity contribution in [2.45, 2.75) is 32.0 Å². The molecular formula is C12H16F3NO. The standard InChI is InChI=1S/C12H16F3NO/c1-2-10(16-8-7-12(13,14)15)9-5-3-4-6-11(9)17/h3-6,10,16-17H,2,7-8H2,1H3. The number of rotatable bonds is 5. The Morgan fingerprint density at radius 3 is 2.47 bits per heavy atom. The number of halogens is 3. The van der Waals surface area contributed by atoms with Gasteiger partial charge in [0.25, 0.3) is 0 Å². The molecule has 1 rings (SSSR count). The highest BCUT2D eigenvalue weighted by Crippen LogP contribution is 2.26. The quantitative estimate of drug-likeness (QED) is 0.836. The number of aromatic hydroxyl groups is 1. The van der Waals surface area contributed by atoms with Crippen molar-refractivity contribution < 1.29 is 18.3 Å². The molecule has 0 radical (unpaired) electrons. The van der Waals surface area contributed by atoms with Crippen LogP contribution in [-0.2, 0) is 0 Å². The van der Waals surface area contributed by atoms with Gasteiger partial charge in [-0.15, -0.1) is 0 Å². The van der Waals surface area contributed by atoms with Crippen LogP contribution in [-0.4, -0.2) is 17.8 Å². The average Bonchev–Trinajstić information content (AvgIpc) is 2.24. The number of hydrogen-bond donors (Lipinski definition) is 2. The lowest BCUT2D eigenvalue weighted by Crippen LogP contribution is -2.25. The molecule has 0 saturated carbocycles.